The van der Waals surface area contributed by atoms with Crippen LogP contribution in [0.4, 0.5) is 0 Å². The predicted molar refractivity (Wildman–Crippen MR) is 71.1 cm³/mol. The van der Waals surface area contributed by atoms with Crippen LogP contribution < -0.4 is 5.32 Å². The molecule has 0 bridgehead atoms. The second kappa shape index (κ2) is 6.69. The minimum atomic E-state index is -0.110. The number of carbonyl (C=O) groups excluding carboxylic acids is 1. The van der Waals surface area contributed by atoms with Gasteiger partial charge in [0.15, 0.2) is 5.16 Å². The summed E-state index contributed by atoms with van der Waals surface area (Å²) in [6.45, 7) is 9.75. The number of hydrogen-bond acceptors (Lipinski definition) is 3. The number of rotatable bonds is 6. The third-order valence-electron chi connectivity index (χ3n) is 2.35. The fourth-order valence-electron chi connectivity index (χ4n) is 1.31. The standard InChI is InChI=1S/C12H21N3OS/c1-5-15-7-6-13-12(15)17-10(4)11(16)14-8-9(2)3/h6-7,9-10H,5,8H2,1-4H3,(H,14,16). The minimum absolute atomic E-state index is 0.0781. The summed E-state index contributed by atoms with van der Waals surface area (Å²) in [6, 6.07) is 0. The third-order valence-corrected chi connectivity index (χ3v) is 3.47. The number of hydrogen-bond donors (Lipinski definition) is 1. The SMILES string of the molecule is CCn1ccnc1SC(C)C(=O)NCC(C)C. The molecule has 0 saturated carbocycles. The Balaban J connectivity index is 2.48. The first kappa shape index (κ1) is 14.1. The van der Waals surface area contributed by atoms with E-state index in [1.165, 1.54) is 11.8 Å². The van der Waals surface area contributed by atoms with Gasteiger partial charge in [-0.25, -0.2) is 4.98 Å². The molecule has 0 spiro atoms. The minimum Gasteiger partial charge on any atom is -0.355 e. The third kappa shape index (κ3) is 4.42. The van der Waals surface area contributed by atoms with Gasteiger partial charge < -0.3 is 9.88 Å². The molecule has 1 aromatic rings. The number of aromatic nitrogens is 2. The van der Waals surface area contributed by atoms with Gasteiger partial charge in [0, 0.05) is 25.5 Å². The summed E-state index contributed by atoms with van der Waals surface area (Å²) < 4.78 is 2.04. The lowest BCUT2D eigenvalue weighted by molar-refractivity contribution is -0.120. The first-order chi connectivity index (χ1) is 8.04. The lowest BCUT2D eigenvalue weighted by Gasteiger charge is -2.13. The highest BCUT2D eigenvalue weighted by molar-refractivity contribution is 8.00. The van der Waals surface area contributed by atoms with Crippen LogP contribution in [0.15, 0.2) is 17.6 Å². The summed E-state index contributed by atoms with van der Waals surface area (Å²) in [5.74, 6) is 0.558. The number of amides is 1. The Hall–Kier alpha value is -0.970. The molecule has 1 atom stereocenters. The lowest BCUT2D eigenvalue weighted by Crippen LogP contribution is -2.33. The van der Waals surface area contributed by atoms with Gasteiger partial charge in [0.25, 0.3) is 0 Å². The molecule has 1 N–H and O–H groups in total. The molecule has 1 aromatic heterocycles. The molecule has 0 aromatic carbocycles. The number of thioether (sulfide) groups is 1. The van der Waals surface area contributed by atoms with Gasteiger partial charge in [-0.05, 0) is 19.8 Å². The van der Waals surface area contributed by atoms with Gasteiger partial charge in [0.05, 0.1) is 5.25 Å². The van der Waals surface area contributed by atoms with E-state index >= 15 is 0 Å². The zero-order valence-electron chi connectivity index (χ0n) is 10.9. The van der Waals surface area contributed by atoms with E-state index < -0.39 is 0 Å². The maximum Gasteiger partial charge on any atom is 0.233 e. The van der Waals surface area contributed by atoms with Crippen molar-refractivity contribution >= 4 is 17.7 Å². The molecule has 96 valence electrons. The van der Waals surface area contributed by atoms with Gasteiger partial charge in [-0.1, -0.05) is 25.6 Å². The van der Waals surface area contributed by atoms with Gasteiger partial charge in [-0.2, -0.15) is 0 Å². The average Bonchev–Trinajstić information content (AvgIpc) is 2.72. The molecular formula is C12H21N3OS. The van der Waals surface area contributed by atoms with E-state index in [-0.39, 0.29) is 11.2 Å². The van der Waals surface area contributed by atoms with Crippen LogP contribution in [0.3, 0.4) is 0 Å². The highest BCUT2D eigenvalue weighted by atomic mass is 32.2. The van der Waals surface area contributed by atoms with Crippen LogP contribution in [0, 0.1) is 5.92 Å². The summed E-state index contributed by atoms with van der Waals surface area (Å²) >= 11 is 1.50. The second-order valence-corrected chi connectivity index (χ2v) is 5.70. The van der Waals surface area contributed by atoms with E-state index in [1.54, 1.807) is 6.20 Å². The van der Waals surface area contributed by atoms with Gasteiger partial charge in [-0.3, -0.25) is 4.79 Å². The zero-order chi connectivity index (χ0) is 12.8. The van der Waals surface area contributed by atoms with E-state index in [2.05, 4.69) is 31.1 Å². The normalized spacial score (nSPS) is 12.8. The fourth-order valence-corrected chi connectivity index (χ4v) is 2.27. The quantitative estimate of drug-likeness (QED) is 0.792. The molecule has 0 aliphatic rings. The number of nitrogens with one attached hydrogen (secondary N) is 1. The van der Waals surface area contributed by atoms with Crippen LogP contribution in [0.5, 0.6) is 0 Å². The van der Waals surface area contributed by atoms with Gasteiger partial charge in [-0.15, -0.1) is 0 Å². The summed E-state index contributed by atoms with van der Waals surface area (Å²) in [5, 5.41) is 3.73. The molecule has 4 nitrogen and oxygen atoms in total. The van der Waals surface area contributed by atoms with Crippen molar-refractivity contribution in [3.8, 4) is 0 Å². The van der Waals surface area contributed by atoms with Crippen molar-refractivity contribution in [2.75, 3.05) is 6.54 Å². The van der Waals surface area contributed by atoms with Gasteiger partial charge >= 0.3 is 0 Å². The molecule has 5 heteroatoms. The van der Waals surface area contributed by atoms with Crippen molar-refractivity contribution in [1.82, 2.24) is 14.9 Å². The Kier molecular flexibility index (Phi) is 5.55. The Morgan fingerprint density at radius 1 is 1.53 bits per heavy atom. The predicted octanol–water partition coefficient (Wildman–Crippen LogP) is 2.16. The Morgan fingerprint density at radius 2 is 2.24 bits per heavy atom. The van der Waals surface area contributed by atoms with Crippen molar-refractivity contribution < 1.29 is 4.79 Å². The smallest absolute Gasteiger partial charge is 0.233 e. The molecule has 0 radical (unpaired) electrons. The molecular weight excluding hydrogens is 234 g/mol. The van der Waals surface area contributed by atoms with Crippen molar-refractivity contribution in [2.45, 2.75) is 44.6 Å². The molecule has 17 heavy (non-hydrogen) atoms. The first-order valence-electron chi connectivity index (χ1n) is 6.00. The molecule has 0 aliphatic heterocycles. The second-order valence-electron chi connectivity index (χ2n) is 4.39. The van der Waals surface area contributed by atoms with Crippen molar-refractivity contribution in [1.29, 1.82) is 0 Å². The average molecular weight is 255 g/mol. The molecule has 1 rings (SSSR count). The van der Waals surface area contributed by atoms with Crippen molar-refractivity contribution in [2.24, 2.45) is 5.92 Å². The number of aryl methyl sites for hydroxylation is 1. The maximum absolute atomic E-state index is 11.8. The lowest BCUT2D eigenvalue weighted by atomic mass is 10.2. The largest absolute Gasteiger partial charge is 0.355 e. The fraction of sp³-hybridized carbons (Fsp3) is 0.667. The highest BCUT2D eigenvalue weighted by Gasteiger charge is 2.16. The summed E-state index contributed by atoms with van der Waals surface area (Å²) in [4.78, 5) is 16.1. The van der Waals surface area contributed by atoms with Gasteiger partial charge in [0.1, 0.15) is 0 Å². The Bertz CT molecular complexity index is 362. The monoisotopic (exact) mass is 255 g/mol. The van der Waals surface area contributed by atoms with Crippen LogP contribution in [0.1, 0.15) is 27.7 Å². The Morgan fingerprint density at radius 3 is 2.82 bits per heavy atom. The van der Waals surface area contributed by atoms with Crippen LogP contribution in [0.2, 0.25) is 0 Å². The first-order valence-corrected chi connectivity index (χ1v) is 6.88. The molecule has 0 saturated heterocycles. The summed E-state index contributed by atoms with van der Waals surface area (Å²) in [7, 11) is 0. The summed E-state index contributed by atoms with van der Waals surface area (Å²) in [6.07, 6.45) is 3.70. The van der Waals surface area contributed by atoms with Crippen molar-refractivity contribution in [3.05, 3.63) is 12.4 Å². The molecule has 0 fully saturated rings. The molecule has 0 aliphatic carbocycles. The molecule has 1 amide bonds. The number of carbonyl (C=O) groups is 1. The molecule has 1 heterocycles. The van der Waals surface area contributed by atoms with E-state index in [0.29, 0.717) is 5.92 Å². The number of imidazole rings is 1. The van der Waals surface area contributed by atoms with E-state index in [4.69, 9.17) is 0 Å². The van der Waals surface area contributed by atoms with Crippen LogP contribution in [0.25, 0.3) is 0 Å². The highest BCUT2D eigenvalue weighted by Crippen LogP contribution is 2.21. The molecule has 1 unspecified atom stereocenters. The van der Waals surface area contributed by atoms with E-state index in [1.807, 2.05) is 17.7 Å². The summed E-state index contributed by atoms with van der Waals surface area (Å²) in [5.41, 5.74) is 0. The number of nitrogens with zero attached hydrogens (tertiary/aromatic N) is 2. The van der Waals surface area contributed by atoms with E-state index in [9.17, 15) is 4.79 Å². The van der Waals surface area contributed by atoms with E-state index in [0.717, 1.165) is 18.2 Å². The zero-order valence-corrected chi connectivity index (χ0v) is 11.8. The topological polar surface area (TPSA) is 46.9 Å². The maximum atomic E-state index is 11.8. The Labute approximate surface area is 107 Å². The van der Waals surface area contributed by atoms with Crippen LogP contribution in [-0.4, -0.2) is 27.3 Å². The van der Waals surface area contributed by atoms with Crippen LogP contribution in [-0.2, 0) is 11.3 Å². The van der Waals surface area contributed by atoms with Crippen molar-refractivity contribution in [3.63, 3.8) is 0 Å². The van der Waals surface area contributed by atoms with Crippen LogP contribution >= 0.6 is 11.8 Å². The van der Waals surface area contributed by atoms with Gasteiger partial charge in [0.2, 0.25) is 5.91 Å².